The number of carbonyl (C=O) groups excluding carboxylic acids is 2. The lowest BCUT2D eigenvalue weighted by Gasteiger charge is -2.15. The Bertz CT molecular complexity index is 1100. The zero-order valence-corrected chi connectivity index (χ0v) is 42.9. The number of aliphatic hydroxyl groups excluding tert-OH is 1. The Kier molecular flexibility index (Phi) is 49.7. The first-order valence-electron chi connectivity index (χ1n) is 27.3. The highest BCUT2D eigenvalue weighted by atomic mass is 31.2. The van der Waals surface area contributed by atoms with Crippen molar-refractivity contribution in [3.05, 3.63) is 24.3 Å². The van der Waals surface area contributed by atoms with Gasteiger partial charge < -0.3 is 20.1 Å². The Balaban J connectivity index is 3.51. The SMILES string of the molecule is CCCCC/C=C\C/C=C\CCCCCCCCCCCCCCCC(=O)NCCOP(=O)(O)OCC(O)COC(=O)CCCCCCCCCCCCCCCCCCCCCC. The van der Waals surface area contributed by atoms with E-state index in [1.54, 1.807) is 0 Å². The van der Waals surface area contributed by atoms with Gasteiger partial charge >= 0.3 is 13.8 Å². The van der Waals surface area contributed by atoms with Crippen LogP contribution in [0.15, 0.2) is 24.3 Å². The summed E-state index contributed by atoms with van der Waals surface area (Å²) in [5.41, 5.74) is 0. The lowest BCUT2D eigenvalue weighted by Crippen LogP contribution is -2.27. The van der Waals surface area contributed by atoms with Gasteiger partial charge in [-0.25, -0.2) is 4.57 Å². The lowest BCUT2D eigenvalue weighted by atomic mass is 10.0. The minimum atomic E-state index is -4.42. The molecule has 0 saturated heterocycles. The average molecular weight is 926 g/mol. The average Bonchev–Trinajstić information content (AvgIpc) is 3.28. The molecule has 0 bridgehead atoms. The van der Waals surface area contributed by atoms with Crippen LogP contribution in [0.3, 0.4) is 0 Å². The molecule has 0 heterocycles. The third-order valence-corrected chi connectivity index (χ3v) is 13.1. The summed E-state index contributed by atoms with van der Waals surface area (Å²) in [5, 5.41) is 12.8. The number of phosphoric acid groups is 1. The second-order valence-electron chi connectivity index (χ2n) is 18.6. The van der Waals surface area contributed by atoms with Gasteiger partial charge in [-0.05, 0) is 44.9 Å². The molecule has 0 aliphatic heterocycles. The highest BCUT2D eigenvalue weighted by molar-refractivity contribution is 7.47. The van der Waals surface area contributed by atoms with Crippen LogP contribution in [-0.4, -0.2) is 54.3 Å². The molecule has 64 heavy (non-hydrogen) atoms. The van der Waals surface area contributed by atoms with Crippen molar-refractivity contribution >= 4 is 19.7 Å². The summed E-state index contributed by atoms with van der Waals surface area (Å²) < 4.78 is 27.0. The van der Waals surface area contributed by atoms with Crippen molar-refractivity contribution in [1.29, 1.82) is 0 Å². The number of unbranched alkanes of at least 4 members (excludes halogenated alkanes) is 35. The normalized spacial score (nSPS) is 13.2. The highest BCUT2D eigenvalue weighted by Crippen LogP contribution is 2.42. The molecule has 2 atom stereocenters. The Labute approximate surface area is 395 Å². The summed E-state index contributed by atoms with van der Waals surface area (Å²) in [7, 11) is -4.42. The molecule has 0 aromatic heterocycles. The Hall–Kier alpha value is -1.51. The molecule has 0 aliphatic rings. The van der Waals surface area contributed by atoms with E-state index < -0.39 is 26.5 Å². The quantitative estimate of drug-likeness (QED) is 0.0238. The molecule has 1 amide bonds. The molecule has 0 aliphatic carbocycles. The van der Waals surface area contributed by atoms with Crippen LogP contribution in [0.25, 0.3) is 0 Å². The predicted octanol–water partition coefficient (Wildman–Crippen LogP) is 16.3. The first-order chi connectivity index (χ1) is 31.3. The van der Waals surface area contributed by atoms with Crippen LogP contribution in [0.4, 0.5) is 0 Å². The van der Waals surface area contributed by atoms with Crippen LogP contribution < -0.4 is 5.32 Å². The van der Waals surface area contributed by atoms with Crippen molar-refractivity contribution in [1.82, 2.24) is 5.32 Å². The van der Waals surface area contributed by atoms with Crippen molar-refractivity contribution in [2.45, 2.75) is 283 Å². The van der Waals surface area contributed by atoms with E-state index >= 15 is 0 Å². The van der Waals surface area contributed by atoms with Crippen LogP contribution in [-0.2, 0) is 27.9 Å². The Morgan fingerprint density at radius 2 is 0.844 bits per heavy atom. The molecule has 0 saturated carbocycles. The smallest absolute Gasteiger partial charge is 0.463 e. The van der Waals surface area contributed by atoms with Gasteiger partial charge in [-0.2, -0.15) is 0 Å². The van der Waals surface area contributed by atoms with E-state index in [1.165, 1.54) is 205 Å². The van der Waals surface area contributed by atoms with Gasteiger partial charge in [0.25, 0.3) is 0 Å². The predicted molar refractivity (Wildman–Crippen MR) is 271 cm³/mol. The van der Waals surface area contributed by atoms with E-state index in [0.717, 1.165) is 44.9 Å². The number of aliphatic hydroxyl groups is 1. The number of esters is 1. The van der Waals surface area contributed by atoms with E-state index in [2.05, 4.69) is 43.5 Å². The summed E-state index contributed by atoms with van der Waals surface area (Å²) >= 11 is 0. The second kappa shape index (κ2) is 50.9. The maximum atomic E-state index is 12.2. The van der Waals surface area contributed by atoms with E-state index in [-0.39, 0.29) is 32.1 Å². The van der Waals surface area contributed by atoms with Crippen molar-refractivity contribution < 1.29 is 37.9 Å². The molecule has 9 nitrogen and oxygen atoms in total. The van der Waals surface area contributed by atoms with Crippen LogP contribution >= 0.6 is 7.82 Å². The highest BCUT2D eigenvalue weighted by Gasteiger charge is 2.23. The van der Waals surface area contributed by atoms with Gasteiger partial charge in [-0.3, -0.25) is 18.6 Å². The Morgan fingerprint density at radius 3 is 1.28 bits per heavy atom. The molecular weight excluding hydrogens is 822 g/mol. The number of nitrogens with one attached hydrogen (secondary N) is 1. The number of amides is 1. The van der Waals surface area contributed by atoms with Crippen molar-refractivity contribution in [3.8, 4) is 0 Å². The van der Waals surface area contributed by atoms with Crippen molar-refractivity contribution in [3.63, 3.8) is 0 Å². The molecule has 2 unspecified atom stereocenters. The number of hydrogen-bond donors (Lipinski definition) is 3. The van der Waals surface area contributed by atoms with Gasteiger partial charge in [0.2, 0.25) is 5.91 Å². The maximum absolute atomic E-state index is 12.2. The molecule has 378 valence electrons. The molecule has 0 spiro atoms. The summed E-state index contributed by atoms with van der Waals surface area (Å²) in [6.45, 7) is 3.59. The maximum Gasteiger partial charge on any atom is 0.472 e. The van der Waals surface area contributed by atoms with Gasteiger partial charge in [0.15, 0.2) is 0 Å². The van der Waals surface area contributed by atoms with E-state index in [9.17, 15) is 24.2 Å². The number of ether oxygens (including phenoxy) is 1. The molecule has 10 heteroatoms. The van der Waals surface area contributed by atoms with Gasteiger partial charge in [0.05, 0.1) is 13.2 Å². The topological polar surface area (TPSA) is 131 Å². The number of carbonyl (C=O) groups is 2. The van der Waals surface area contributed by atoms with Crippen molar-refractivity contribution in [2.24, 2.45) is 0 Å². The summed E-state index contributed by atoms with van der Waals surface area (Å²) in [4.78, 5) is 34.1. The molecule has 0 radical (unpaired) electrons. The summed E-state index contributed by atoms with van der Waals surface area (Å²) in [5.74, 6) is -0.503. The van der Waals surface area contributed by atoms with Crippen LogP contribution in [0.1, 0.15) is 277 Å². The van der Waals surface area contributed by atoms with Crippen molar-refractivity contribution in [2.75, 3.05) is 26.4 Å². The van der Waals surface area contributed by atoms with Crippen LogP contribution in [0.5, 0.6) is 0 Å². The third kappa shape index (κ3) is 51.5. The first-order valence-corrected chi connectivity index (χ1v) is 28.8. The van der Waals surface area contributed by atoms with E-state index in [0.29, 0.717) is 6.42 Å². The van der Waals surface area contributed by atoms with Crippen LogP contribution in [0, 0.1) is 0 Å². The number of hydrogen-bond acceptors (Lipinski definition) is 7. The standard InChI is InChI=1S/C54H104NO8P/c1-3-5-7-9-11-13-15-17-19-21-23-25-26-27-28-30-32-34-36-38-40-42-44-46-53(57)55-48-49-62-64(59,60)63-51-52(56)50-61-54(58)47-45-43-41-39-37-35-33-31-29-24-22-20-18-16-14-12-10-8-6-4-2/h11,13,17,19,52,56H,3-10,12,14-16,18,20-51H2,1-2H3,(H,55,57)(H,59,60)/b13-11-,19-17-. The number of rotatable bonds is 52. The fraction of sp³-hybridized carbons (Fsp3) is 0.889. The third-order valence-electron chi connectivity index (χ3n) is 12.1. The van der Waals surface area contributed by atoms with E-state index in [4.69, 9.17) is 13.8 Å². The van der Waals surface area contributed by atoms with Gasteiger partial charge in [-0.15, -0.1) is 0 Å². The largest absolute Gasteiger partial charge is 0.472 e. The Morgan fingerprint density at radius 1 is 0.484 bits per heavy atom. The monoisotopic (exact) mass is 926 g/mol. The molecule has 0 aromatic rings. The van der Waals surface area contributed by atoms with Gasteiger partial charge in [0, 0.05) is 19.4 Å². The summed E-state index contributed by atoms with van der Waals surface area (Å²) in [6, 6.07) is 0. The molecule has 0 fully saturated rings. The van der Waals surface area contributed by atoms with E-state index in [1.807, 2.05) is 0 Å². The van der Waals surface area contributed by atoms with Crippen LogP contribution in [0.2, 0.25) is 0 Å². The zero-order valence-electron chi connectivity index (χ0n) is 42.0. The fourth-order valence-electron chi connectivity index (χ4n) is 8.00. The molecule has 3 N–H and O–H groups in total. The molecular formula is C54H104NO8P. The second-order valence-corrected chi connectivity index (χ2v) is 20.0. The minimum Gasteiger partial charge on any atom is -0.463 e. The minimum absolute atomic E-state index is 0.0844. The zero-order chi connectivity index (χ0) is 46.7. The van der Waals surface area contributed by atoms with Gasteiger partial charge in [-0.1, -0.05) is 244 Å². The fourth-order valence-corrected chi connectivity index (χ4v) is 8.76. The molecule has 0 aromatic carbocycles. The van der Waals surface area contributed by atoms with Gasteiger partial charge in [0.1, 0.15) is 12.7 Å². The lowest BCUT2D eigenvalue weighted by molar-refractivity contribution is -0.147. The first kappa shape index (κ1) is 62.5. The number of phosphoric ester groups is 1. The number of allylic oxidation sites excluding steroid dienone is 4. The summed E-state index contributed by atoms with van der Waals surface area (Å²) in [6.07, 6.45) is 58.4. The molecule has 0 rings (SSSR count).